The maximum Gasteiger partial charge on any atom is 0.256 e. The second-order valence-corrected chi connectivity index (χ2v) is 7.42. The summed E-state index contributed by atoms with van der Waals surface area (Å²) in [5.41, 5.74) is 2.07. The summed E-state index contributed by atoms with van der Waals surface area (Å²) in [5, 5.41) is 13.7. The summed E-state index contributed by atoms with van der Waals surface area (Å²) < 4.78 is 1.91. The molecule has 2 amide bonds. The maximum atomic E-state index is 12.8. The van der Waals surface area contributed by atoms with Crippen LogP contribution in [0.3, 0.4) is 0 Å². The highest BCUT2D eigenvalue weighted by Crippen LogP contribution is 2.20. The monoisotopic (exact) mass is 426 g/mol. The average molecular weight is 426 g/mol. The second kappa shape index (κ2) is 9.22. The van der Waals surface area contributed by atoms with E-state index in [4.69, 9.17) is 0 Å². The van der Waals surface area contributed by atoms with Gasteiger partial charge in [0.15, 0.2) is 5.82 Å². The van der Waals surface area contributed by atoms with E-state index >= 15 is 0 Å². The van der Waals surface area contributed by atoms with Crippen molar-refractivity contribution in [3.63, 3.8) is 0 Å². The molecule has 0 saturated heterocycles. The summed E-state index contributed by atoms with van der Waals surface area (Å²) in [6.07, 6.45) is 1.65. The summed E-state index contributed by atoms with van der Waals surface area (Å²) in [6.45, 7) is 4.06. The van der Waals surface area contributed by atoms with Crippen molar-refractivity contribution in [1.29, 1.82) is 0 Å². The minimum atomic E-state index is -0.337. The summed E-state index contributed by atoms with van der Waals surface area (Å²) in [7, 11) is 0. The SMILES string of the molecule is CC(C)n1cnnc1-c1cccc(NC(=O)c2cccc(NC(=O)c3ccccc3)c2)n1. The van der Waals surface area contributed by atoms with E-state index in [-0.39, 0.29) is 17.9 Å². The van der Waals surface area contributed by atoms with E-state index in [2.05, 4.69) is 25.8 Å². The van der Waals surface area contributed by atoms with Gasteiger partial charge in [0.1, 0.15) is 17.8 Å². The van der Waals surface area contributed by atoms with Crippen molar-refractivity contribution in [3.8, 4) is 11.5 Å². The van der Waals surface area contributed by atoms with Crippen molar-refractivity contribution in [3.05, 3.63) is 90.3 Å². The molecule has 0 aliphatic heterocycles. The Bertz CT molecular complexity index is 1250. The number of aromatic nitrogens is 4. The molecular weight excluding hydrogens is 404 g/mol. The number of rotatable bonds is 6. The van der Waals surface area contributed by atoms with Crippen molar-refractivity contribution in [2.75, 3.05) is 10.6 Å². The number of pyridine rings is 1. The van der Waals surface area contributed by atoms with Crippen LogP contribution in [0.4, 0.5) is 11.5 Å². The zero-order valence-electron chi connectivity index (χ0n) is 17.7. The third kappa shape index (κ3) is 4.70. The predicted molar refractivity (Wildman–Crippen MR) is 122 cm³/mol. The van der Waals surface area contributed by atoms with Gasteiger partial charge in [-0.2, -0.15) is 0 Å². The lowest BCUT2D eigenvalue weighted by Gasteiger charge is -2.11. The minimum Gasteiger partial charge on any atom is -0.322 e. The highest BCUT2D eigenvalue weighted by molar-refractivity contribution is 6.07. The molecule has 0 aliphatic rings. The summed E-state index contributed by atoms with van der Waals surface area (Å²) >= 11 is 0. The van der Waals surface area contributed by atoms with Gasteiger partial charge in [0.25, 0.3) is 11.8 Å². The van der Waals surface area contributed by atoms with Crippen molar-refractivity contribution in [2.24, 2.45) is 0 Å². The molecule has 4 rings (SSSR count). The van der Waals surface area contributed by atoms with Crippen LogP contribution in [0, 0.1) is 0 Å². The van der Waals surface area contributed by atoms with E-state index in [0.717, 1.165) is 0 Å². The molecule has 0 bridgehead atoms. The quantitative estimate of drug-likeness (QED) is 0.475. The first kappa shape index (κ1) is 20.9. The zero-order valence-corrected chi connectivity index (χ0v) is 17.7. The second-order valence-electron chi connectivity index (χ2n) is 7.42. The fourth-order valence-corrected chi connectivity index (χ4v) is 3.15. The summed E-state index contributed by atoms with van der Waals surface area (Å²) in [6, 6.07) is 21.1. The molecule has 8 nitrogen and oxygen atoms in total. The first-order valence-electron chi connectivity index (χ1n) is 10.2. The first-order valence-corrected chi connectivity index (χ1v) is 10.2. The van der Waals surface area contributed by atoms with Gasteiger partial charge in [-0.15, -0.1) is 10.2 Å². The topological polar surface area (TPSA) is 102 Å². The number of carbonyl (C=O) groups excluding carboxylic acids is 2. The van der Waals surface area contributed by atoms with E-state index in [0.29, 0.717) is 34.2 Å². The van der Waals surface area contributed by atoms with Gasteiger partial charge in [-0.1, -0.05) is 30.3 Å². The molecule has 0 atom stereocenters. The first-order chi connectivity index (χ1) is 15.5. The Morgan fingerprint density at radius 1 is 0.844 bits per heavy atom. The van der Waals surface area contributed by atoms with Crippen LogP contribution < -0.4 is 10.6 Å². The third-order valence-electron chi connectivity index (χ3n) is 4.77. The van der Waals surface area contributed by atoms with Crippen LogP contribution in [-0.4, -0.2) is 31.6 Å². The third-order valence-corrected chi connectivity index (χ3v) is 4.77. The number of hydrogen-bond donors (Lipinski definition) is 2. The highest BCUT2D eigenvalue weighted by atomic mass is 16.2. The number of amides is 2. The molecule has 2 aromatic carbocycles. The Kier molecular flexibility index (Phi) is 6.03. The largest absolute Gasteiger partial charge is 0.322 e. The molecule has 2 N–H and O–H groups in total. The van der Waals surface area contributed by atoms with Crippen LogP contribution in [0.2, 0.25) is 0 Å². The Balaban J connectivity index is 1.49. The van der Waals surface area contributed by atoms with Crippen LogP contribution in [0.5, 0.6) is 0 Å². The van der Waals surface area contributed by atoms with Crippen LogP contribution in [0.1, 0.15) is 40.6 Å². The standard InChI is InChI=1S/C24H22N6O2/c1-16(2)30-15-25-29-22(30)20-12-7-13-21(27-20)28-24(32)18-10-6-11-19(14-18)26-23(31)17-8-4-3-5-9-17/h3-16H,1-2H3,(H,26,31)(H,27,28,32). The summed E-state index contributed by atoms with van der Waals surface area (Å²) in [4.78, 5) is 29.7. The predicted octanol–water partition coefficient (Wildman–Crippen LogP) is 4.43. The van der Waals surface area contributed by atoms with Crippen LogP contribution in [-0.2, 0) is 0 Å². The molecule has 32 heavy (non-hydrogen) atoms. The molecule has 0 saturated carbocycles. The smallest absolute Gasteiger partial charge is 0.256 e. The molecule has 160 valence electrons. The molecule has 2 heterocycles. The van der Waals surface area contributed by atoms with Gasteiger partial charge in [0, 0.05) is 22.9 Å². The Morgan fingerprint density at radius 2 is 1.56 bits per heavy atom. The molecule has 0 fully saturated rings. The normalized spacial score (nSPS) is 10.7. The lowest BCUT2D eigenvalue weighted by molar-refractivity contribution is 0.101. The van der Waals surface area contributed by atoms with Crippen molar-refractivity contribution >= 4 is 23.3 Å². The lowest BCUT2D eigenvalue weighted by Crippen LogP contribution is -2.15. The Labute approximate surface area is 185 Å². The van der Waals surface area contributed by atoms with Crippen LogP contribution >= 0.6 is 0 Å². The fraction of sp³-hybridized carbons (Fsp3) is 0.125. The Morgan fingerprint density at radius 3 is 2.34 bits per heavy atom. The van der Waals surface area contributed by atoms with Crippen molar-refractivity contribution in [2.45, 2.75) is 19.9 Å². The van der Waals surface area contributed by atoms with E-state index in [1.807, 2.05) is 30.5 Å². The van der Waals surface area contributed by atoms with Crippen molar-refractivity contribution in [1.82, 2.24) is 19.7 Å². The van der Waals surface area contributed by atoms with Gasteiger partial charge >= 0.3 is 0 Å². The molecule has 0 unspecified atom stereocenters. The van der Waals surface area contributed by atoms with Gasteiger partial charge in [0.05, 0.1) is 0 Å². The molecule has 0 spiro atoms. The number of carbonyl (C=O) groups is 2. The highest BCUT2D eigenvalue weighted by Gasteiger charge is 2.14. The number of nitrogens with one attached hydrogen (secondary N) is 2. The molecule has 8 heteroatoms. The van der Waals surface area contributed by atoms with E-state index < -0.39 is 0 Å². The maximum absolute atomic E-state index is 12.8. The van der Waals surface area contributed by atoms with E-state index in [9.17, 15) is 9.59 Å². The van der Waals surface area contributed by atoms with Crippen LogP contribution in [0.25, 0.3) is 11.5 Å². The van der Waals surface area contributed by atoms with Crippen molar-refractivity contribution < 1.29 is 9.59 Å². The van der Waals surface area contributed by atoms with Gasteiger partial charge in [-0.25, -0.2) is 4.98 Å². The lowest BCUT2D eigenvalue weighted by atomic mass is 10.1. The molecule has 4 aromatic rings. The molecule has 0 aliphatic carbocycles. The molecule has 0 radical (unpaired) electrons. The molecule has 2 aromatic heterocycles. The van der Waals surface area contributed by atoms with Gasteiger partial charge in [-0.3, -0.25) is 9.59 Å². The fourth-order valence-electron chi connectivity index (χ4n) is 3.15. The van der Waals surface area contributed by atoms with E-state index in [1.54, 1.807) is 67.0 Å². The van der Waals surface area contributed by atoms with E-state index in [1.165, 1.54) is 0 Å². The summed E-state index contributed by atoms with van der Waals surface area (Å²) in [5.74, 6) is 0.439. The minimum absolute atomic E-state index is 0.175. The number of hydrogen-bond acceptors (Lipinski definition) is 5. The van der Waals surface area contributed by atoms with Gasteiger partial charge in [0.2, 0.25) is 0 Å². The molecular formula is C24H22N6O2. The average Bonchev–Trinajstić information content (AvgIpc) is 3.30. The van der Waals surface area contributed by atoms with Gasteiger partial charge < -0.3 is 15.2 Å². The number of anilines is 2. The van der Waals surface area contributed by atoms with Gasteiger partial charge in [-0.05, 0) is 56.3 Å². The zero-order chi connectivity index (χ0) is 22.5. The Hall–Kier alpha value is -4.33. The number of nitrogens with zero attached hydrogens (tertiary/aromatic N) is 4. The van der Waals surface area contributed by atoms with Crippen LogP contribution in [0.15, 0.2) is 79.1 Å². The number of benzene rings is 2.